The maximum Gasteiger partial charge on any atom is 0.119 e. The summed E-state index contributed by atoms with van der Waals surface area (Å²) in [6, 6.07) is 8.14. The quantitative estimate of drug-likeness (QED) is 0.891. The summed E-state index contributed by atoms with van der Waals surface area (Å²) in [6.45, 7) is 6.23. The maximum atomic E-state index is 5.96. The Morgan fingerprint density at radius 2 is 1.89 bits per heavy atom. The van der Waals surface area contributed by atoms with Gasteiger partial charge in [0.25, 0.3) is 0 Å². The molecule has 1 unspecified atom stereocenters. The van der Waals surface area contributed by atoms with Gasteiger partial charge in [0.05, 0.1) is 0 Å². The summed E-state index contributed by atoms with van der Waals surface area (Å²) in [5, 5.41) is 3.10. The fourth-order valence-electron chi connectivity index (χ4n) is 2.11. The molecule has 3 nitrogen and oxygen atoms in total. The van der Waals surface area contributed by atoms with E-state index in [9.17, 15) is 0 Å². The number of ether oxygens (including phenoxy) is 1. The van der Waals surface area contributed by atoms with Crippen LogP contribution in [0.25, 0.3) is 0 Å². The van der Waals surface area contributed by atoms with Crippen molar-refractivity contribution in [2.24, 2.45) is 0 Å². The van der Waals surface area contributed by atoms with E-state index in [1.165, 1.54) is 13.0 Å². The fraction of sp³-hybridized carbons (Fsp3) is 0.600. The van der Waals surface area contributed by atoms with Crippen LogP contribution < -0.4 is 10.1 Å². The Morgan fingerprint density at radius 3 is 2.44 bits per heavy atom. The second-order valence-corrected chi connectivity index (χ2v) is 4.42. The molecule has 1 fully saturated rings. The number of benzene rings is 1. The van der Waals surface area contributed by atoms with Crippen molar-refractivity contribution in [3.63, 3.8) is 0 Å². The number of likely N-dealkylation sites (tertiary alicyclic amines) is 1. The normalized spacial score (nSPS) is 19.7. The smallest absolute Gasteiger partial charge is 0.119 e. The molecular weight excluding hydrogens is 224 g/mol. The largest absolute Gasteiger partial charge is 0.489 e. The van der Waals surface area contributed by atoms with Gasteiger partial charge >= 0.3 is 0 Å². The van der Waals surface area contributed by atoms with Gasteiger partial charge in [-0.1, -0.05) is 13.8 Å². The Bertz CT molecular complexity index is 324. The number of hydrogen-bond donors (Lipinski definition) is 1. The fourth-order valence-corrected chi connectivity index (χ4v) is 2.11. The number of nitrogens with zero attached hydrogens (tertiary/aromatic N) is 1. The molecule has 18 heavy (non-hydrogen) atoms. The molecule has 1 aromatic rings. The van der Waals surface area contributed by atoms with Crippen molar-refractivity contribution in [3.05, 3.63) is 24.3 Å². The highest BCUT2D eigenvalue weighted by atomic mass is 16.5. The van der Waals surface area contributed by atoms with Gasteiger partial charge < -0.3 is 15.0 Å². The van der Waals surface area contributed by atoms with E-state index < -0.39 is 0 Å². The molecule has 1 aliphatic heterocycles. The average molecular weight is 250 g/mol. The van der Waals surface area contributed by atoms with Crippen molar-refractivity contribution in [3.8, 4) is 5.75 Å². The summed E-state index contributed by atoms with van der Waals surface area (Å²) in [4.78, 5) is 2.33. The lowest BCUT2D eigenvalue weighted by atomic mass is 10.1. The molecular formula is C15H26N2O. The third-order valence-corrected chi connectivity index (χ3v) is 3.03. The molecule has 102 valence electrons. The summed E-state index contributed by atoms with van der Waals surface area (Å²) in [5.41, 5.74) is 1.12. The van der Waals surface area contributed by atoms with Gasteiger partial charge in [-0.3, -0.25) is 0 Å². The van der Waals surface area contributed by atoms with E-state index in [1.807, 2.05) is 45.2 Å². The van der Waals surface area contributed by atoms with Crippen LogP contribution in [0, 0.1) is 0 Å². The molecule has 0 radical (unpaired) electrons. The molecule has 0 aliphatic carbocycles. The summed E-state index contributed by atoms with van der Waals surface area (Å²) in [7, 11) is 4.07. The number of rotatable bonds is 3. The van der Waals surface area contributed by atoms with Gasteiger partial charge in [-0.05, 0) is 50.7 Å². The standard InChI is InChI=1S/C13H20N2O.C2H6/c1-14-11-5-7-12(8-6-11)16-13-4-3-9-15(2)10-13;1-2/h5-8,13-14H,3-4,9-10H2,1-2H3;1-2H3. The summed E-state index contributed by atoms with van der Waals surface area (Å²) in [6.07, 6.45) is 2.74. The zero-order chi connectivity index (χ0) is 13.4. The van der Waals surface area contributed by atoms with Crippen molar-refractivity contribution in [2.45, 2.75) is 32.8 Å². The van der Waals surface area contributed by atoms with Gasteiger partial charge in [-0.2, -0.15) is 0 Å². The van der Waals surface area contributed by atoms with Gasteiger partial charge in [0, 0.05) is 19.3 Å². The molecule has 2 rings (SSSR count). The monoisotopic (exact) mass is 250 g/mol. The minimum absolute atomic E-state index is 0.346. The first-order chi connectivity index (χ1) is 8.78. The topological polar surface area (TPSA) is 24.5 Å². The molecule has 1 heterocycles. The highest BCUT2D eigenvalue weighted by Crippen LogP contribution is 2.19. The van der Waals surface area contributed by atoms with E-state index >= 15 is 0 Å². The summed E-state index contributed by atoms with van der Waals surface area (Å²) in [5.74, 6) is 0.972. The molecule has 1 N–H and O–H groups in total. The molecule has 0 aromatic heterocycles. The van der Waals surface area contributed by atoms with Crippen molar-refractivity contribution >= 4 is 5.69 Å². The molecule has 1 aliphatic rings. The highest BCUT2D eigenvalue weighted by Gasteiger charge is 2.18. The van der Waals surface area contributed by atoms with Gasteiger partial charge in [-0.15, -0.1) is 0 Å². The predicted octanol–water partition coefficient (Wildman–Crippen LogP) is 3.23. The first-order valence-electron chi connectivity index (χ1n) is 6.91. The Kier molecular flexibility index (Phi) is 6.58. The van der Waals surface area contributed by atoms with E-state index in [-0.39, 0.29) is 0 Å². The van der Waals surface area contributed by atoms with Crippen LogP contribution in [-0.4, -0.2) is 38.2 Å². The van der Waals surface area contributed by atoms with Crippen molar-refractivity contribution in [2.75, 3.05) is 32.5 Å². The van der Waals surface area contributed by atoms with Gasteiger partial charge in [0.15, 0.2) is 0 Å². The highest BCUT2D eigenvalue weighted by molar-refractivity contribution is 5.45. The second kappa shape index (κ2) is 7.98. The Morgan fingerprint density at radius 1 is 1.22 bits per heavy atom. The van der Waals surface area contributed by atoms with E-state index in [1.54, 1.807) is 0 Å². The van der Waals surface area contributed by atoms with E-state index in [0.29, 0.717) is 6.10 Å². The minimum Gasteiger partial charge on any atom is -0.489 e. The molecule has 1 aromatic carbocycles. The van der Waals surface area contributed by atoms with E-state index in [4.69, 9.17) is 4.74 Å². The van der Waals surface area contributed by atoms with Crippen LogP contribution in [0.3, 0.4) is 0 Å². The van der Waals surface area contributed by atoms with Gasteiger partial charge in [0.2, 0.25) is 0 Å². The molecule has 3 heteroatoms. The molecule has 1 atom stereocenters. The van der Waals surface area contributed by atoms with Gasteiger partial charge in [-0.25, -0.2) is 0 Å². The number of nitrogens with one attached hydrogen (secondary N) is 1. The van der Waals surface area contributed by atoms with Crippen LogP contribution in [-0.2, 0) is 0 Å². The van der Waals surface area contributed by atoms with Crippen LogP contribution in [0.4, 0.5) is 5.69 Å². The number of hydrogen-bond acceptors (Lipinski definition) is 3. The maximum absolute atomic E-state index is 5.96. The van der Waals surface area contributed by atoms with E-state index in [2.05, 4.69) is 17.3 Å². The summed E-state index contributed by atoms with van der Waals surface area (Å²) < 4.78 is 5.96. The number of anilines is 1. The second-order valence-electron chi connectivity index (χ2n) is 4.42. The third kappa shape index (κ3) is 4.57. The molecule has 0 saturated carbocycles. The molecule has 1 saturated heterocycles. The van der Waals surface area contributed by atoms with E-state index in [0.717, 1.165) is 24.4 Å². The van der Waals surface area contributed by atoms with Crippen LogP contribution in [0.1, 0.15) is 26.7 Å². The third-order valence-electron chi connectivity index (χ3n) is 3.03. The van der Waals surface area contributed by atoms with Crippen LogP contribution in [0.2, 0.25) is 0 Å². The Balaban J connectivity index is 0.000000771. The van der Waals surface area contributed by atoms with Crippen LogP contribution in [0.15, 0.2) is 24.3 Å². The zero-order valence-corrected chi connectivity index (χ0v) is 12.1. The zero-order valence-electron chi connectivity index (χ0n) is 12.1. The molecule has 0 amide bonds. The Labute approximate surface area is 111 Å². The molecule has 0 bridgehead atoms. The average Bonchev–Trinajstić information content (AvgIpc) is 2.42. The summed E-state index contributed by atoms with van der Waals surface area (Å²) >= 11 is 0. The molecule has 0 spiro atoms. The van der Waals surface area contributed by atoms with Crippen molar-refractivity contribution in [1.29, 1.82) is 0 Å². The van der Waals surface area contributed by atoms with Crippen molar-refractivity contribution in [1.82, 2.24) is 4.90 Å². The van der Waals surface area contributed by atoms with Crippen LogP contribution >= 0.6 is 0 Å². The van der Waals surface area contributed by atoms with Crippen molar-refractivity contribution < 1.29 is 4.74 Å². The minimum atomic E-state index is 0.346. The predicted molar refractivity (Wildman–Crippen MR) is 78.5 cm³/mol. The first-order valence-corrected chi connectivity index (χ1v) is 6.91. The number of likely N-dealkylation sites (N-methyl/N-ethyl adjacent to an activating group) is 1. The van der Waals surface area contributed by atoms with Crippen LogP contribution in [0.5, 0.6) is 5.75 Å². The Hall–Kier alpha value is -1.22. The van der Waals surface area contributed by atoms with Gasteiger partial charge in [0.1, 0.15) is 11.9 Å². The number of piperidine rings is 1. The SMILES string of the molecule is CC.CNc1ccc(OC2CCCN(C)C2)cc1. The lowest BCUT2D eigenvalue weighted by Gasteiger charge is -2.30. The lowest BCUT2D eigenvalue weighted by molar-refractivity contribution is 0.104. The lowest BCUT2D eigenvalue weighted by Crippen LogP contribution is -2.38. The first kappa shape index (κ1) is 14.8.